The number of rotatable bonds is 12. The Balaban J connectivity index is 1.57. The van der Waals surface area contributed by atoms with Crippen LogP contribution in [0.15, 0.2) is 0 Å². The number of aliphatic hydroxyl groups is 12. The largest absolute Gasteiger partial charge is 0.394 e. The van der Waals surface area contributed by atoms with Crippen LogP contribution in [0.3, 0.4) is 0 Å². The highest BCUT2D eigenvalue weighted by atomic mass is 16.8. The van der Waals surface area contributed by atoms with Gasteiger partial charge in [0.1, 0.15) is 97.5 Å². The van der Waals surface area contributed by atoms with Crippen molar-refractivity contribution in [3.8, 4) is 0 Å². The predicted molar refractivity (Wildman–Crippen MR) is 157 cm³/mol. The maximum absolute atomic E-state index is 12.2. The van der Waals surface area contributed by atoms with Crippen LogP contribution in [0, 0.1) is 0 Å². The molecule has 4 saturated heterocycles. The van der Waals surface area contributed by atoms with Gasteiger partial charge in [0.25, 0.3) is 0 Å². The average molecular weight is 749 g/mol. The third kappa shape index (κ3) is 9.11. The van der Waals surface area contributed by atoms with Crippen molar-refractivity contribution in [3.63, 3.8) is 0 Å². The summed E-state index contributed by atoms with van der Waals surface area (Å²) in [7, 11) is 0. The number of carbonyl (C=O) groups excluding carboxylic acids is 2. The van der Waals surface area contributed by atoms with E-state index in [1.165, 1.54) is 0 Å². The minimum absolute atomic E-state index is 0.667. The van der Waals surface area contributed by atoms with E-state index in [2.05, 4.69) is 10.6 Å². The molecule has 0 aromatic rings. The lowest BCUT2D eigenvalue weighted by molar-refractivity contribution is -0.377. The molecule has 0 aliphatic carbocycles. The summed E-state index contributed by atoms with van der Waals surface area (Å²) in [5.74, 6) is -1.43. The molecule has 4 heterocycles. The summed E-state index contributed by atoms with van der Waals surface area (Å²) < 4.78 is 39.1. The Morgan fingerprint density at radius 3 is 1.39 bits per heavy atom. The number of nitrogens with one attached hydrogen (secondary N) is 2. The van der Waals surface area contributed by atoms with E-state index in [1.807, 2.05) is 0 Å². The van der Waals surface area contributed by atoms with E-state index in [0.29, 0.717) is 0 Å². The molecule has 20 atom stereocenters. The molecule has 296 valence electrons. The average Bonchev–Trinajstić information content (AvgIpc) is 3.09. The van der Waals surface area contributed by atoms with Crippen molar-refractivity contribution in [1.29, 1.82) is 0 Å². The van der Waals surface area contributed by atoms with Gasteiger partial charge in [-0.2, -0.15) is 0 Å². The fourth-order valence-electron chi connectivity index (χ4n) is 6.35. The van der Waals surface area contributed by atoms with E-state index in [1.54, 1.807) is 0 Å². The fourth-order valence-corrected chi connectivity index (χ4v) is 6.35. The first kappa shape index (κ1) is 41.9. The van der Waals surface area contributed by atoms with Crippen molar-refractivity contribution in [3.05, 3.63) is 0 Å². The summed E-state index contributed by atoms with van der Waals surface area (Å²) in [6, 6.07) is -3.09. The van der Waals surface area contributed by atoms with Gasteiger partial charge in [-0.1, -0.05) is 0 Å². The highest BCUT2D eigenvalue weighted by Crippen LogP contribution is 2.34. The Morgan fingerprint density at radius 1 is 0.471 bits per heavy atom. The SMILES string of the molecule is CC(=O)N[C@H]1[C@H](O[C@H]2[C@@H](O)[C@@H](CO)O[C@@H](O[C@H]3[C@H](O)[C@@H](NC(C)=O)C(O)O[C@@H]3CO)[C@@H]2O)O[C@H](CO)[C@@H](O[C@@H]2O[C@H](CO)[C@H](O)[C@H](O)[C@H]2O)[C@@H]1O. The molecular formula is C28H48N2O21. The zero-order valence-corrected chi connectivity index (χ0v) is 27.4. The molecular weight excluding hydrogens is 700 g/mol. The lowest BCUT2D eigenvalue weighted by Gasteiger charge is -2.50. The van der Waals surface area contributed by atoms with Gasteiger partial charge >= 0.3 is 0 Å². The second-order valence-electron chi connectivity index (χ2n) is 12.6. The van der Waals surface area contributed by atoms with Crippen LogP contribution in [0.2, 0.25) is 0 Å². The van der Waals surface area contributed by atoms with E-state index in [9.17, 15) is 70.9 Å². The van der Waals surface area contributed by atoms with Gasteiger partial charge in [0.2, 0.25) is 11.8 Å². The van der Waals surface area contributed by atoms with Crippen molar-refractivity contribution < 1.29 is 104 Å². The molecule has 2 amide bonds. The van der Waals surface area contributed by atoms with Crippen molar-refractivity contribution in [1.82, 2.24) is 10.6 Å². The molecule has 4 aliphatic rings. The molecule has 51 heavy (non-hydrogen) atoms. The lowest BCUT2D eigenvalue weighted by atomic mass is 9.94. The molecule has 14 N–H and O–H groups in total. The Labute approximate surface area is 289 Å². The number of hydrogen-bond acceptors (Lipinski definition) is 21. The molecule has 4 aliphatic heterocycles. The summed E-state index contributed by atoms with van der Waals surface area (Å²) in [6.45, 7) is -1.30. The van der Waals surface area contributed by atoms with Gasteiger partial charge in [-0.15, -0.1) is 0 Å². The molecule has 23 heteroatoms. The van der Waals surface area contributed by atoms with Gasteiger partial charge in [-0.25, -0.2) is 0 Å². The fraction of sp³-hybridized carbons (Fsp3) is 0.929. The highest BCUT2D eigenvalue weighted by molar-refractivity contribution is 5.73. The number of carbonyl (C=O) groups is 2. The highest BCUT2D eigenvalue weighted by Gasteiger charge is 2.55. The minimum atomic E-state index is -2.03. The number of ether oxygens (including phenoxy) is 7. The first-order chi connectivity index (χ1) is 24.1. The Bertz CT molecular complexity index is 1140. The monoisotopic (exact) mass is 748 g/mol. The first-order valence-electron chi connectivity index (χ1n) is 16.1. The molecule has 0 aromatic heterocycles. The normalized spacial score (nSPS) is 47.8. The first-order valence-corrected chi connectivity index (χ1v) is 16.1. The topological polar surface area (TPSA) is 366 Å². The van der Waals surface area contributed by atoms with Crippen LogP contribution in [-0.4, -0.2) is 222 Å². The molecule has 1 unspecified atom stereocenters. The van der Waals surface area contributed by atoms with Crippen molar-refractivity contribution >= 4 is 11.8 Å². The Morgan fingerprint density at radius 2 is 0.882 bits per heavy atom. The summed E-state index contributed by atoms with van der Waals surface area (Å²) in [4.78, 5) is 23.9. The molecule has 0 spiro atoms. The van der Waals surface area contributed by atoms with Crippen LogP contribution in [-0.2, 0) is 42.7 Å². The van der Waals surface area contributed by atoms with Gasteiger partial charge in [0.05, 0.1) is 26.4 Å². The van der Waals surface area contributed by atoms with Gasteiger partial charge < -0.3 is 105 Å². The van der Waals surface area contributed by atoms with Gasteiger partial charge in [0, 0.05) is 13.8 Å². The van der Waals surface area contributed by atoms with Gasteiger partial charge in [-0.3, -0.25) is 9.59 Å². The summed E-state index contributed by atoms with van der Waals surface area (Å²) in [5, 5.41) is 130. The number of aliphatic hydroxyl groups excluding tert-OH is 12. The smallest absolute Gasteiger partial charge is 0.217 e. The summed E-state index contributed by atoms with van der Waals surface area (Å²) in [6.07, 6.45) is -31.4. The third-order valence-corrected chi connectivity index (χ3v) is 9.01. The van der Waals surface area contributed by atoms with Crippen LogP contribution >= 0.6 is 0 Å². The van der Waals surface area contributed by atoms with E-state index >= 15 is 0 Å². The predicted octanol–water partition coefficient (Wildman–Crippen LogP) is -9.46. The number of amides is 2. The zero-order chi connectivity index (χ0) is 37.9. The molecule has 0 bridgehead atoms. The summed E-state index contributed by atoms with van der Waals surface area (Å²) in [5.41, 5.74) is 0. The van der Waals surface area contributed by atoms with E-state index in [-0.39, 0.29) is 0 Å². The van der Waals surface area contributed by atoms with Crippen LogP contribution in [0.25, 0.3) is 0 Å². The second-order valence-corrected chi connectivity index (χ2v) is 12.6. The molecule has 0 radical (unpaired) electrons. The van der Waals surface area contributed by atoms with Crippen molar-refractivity contribution in [2.75, 3.05) is 26.4 Å². The second kappa shape index (κ2) is 18.0. The summed E-state index contributed by atoms with van der Waals surface area (Å²) >= 11 is 0. The Hall–Kier alpha value is -1.82. The van der Waals surface area contributed by atoms with Gasteiger partial charge in [-0.05, 0) is 0 Å². The van der Waals surface area contributed by atoms with Crippen LogP contribution in [0.4, 0.5) is 0 Å². The zero-order valence-electron chi connectivity index (χ0n) is 27.4. The quantitative estimate of drug-likeness (QED) is 0.0881. The van der Waals surface area contributed by atoms with Crippen LogP contribution < -0.4 is 10.6 Å². The maximum atomic E-state index is 12.2. The molecule has 0 saturated carbocycles. The van der Waals surface area contributed by atoms with E-state index in [0.717, 1.165) is 13.8 Å². The maximum Gasteiger partial charge on any atom is 0.217 e. The van der Waals surface area contributed by atoms with Crippen LogP contribution in [0.5, 0.6) is 0 Å². The third-order valence-electron chi connectivity index (χ3n) is 9.01. The van der Waals surface area contributed by atoms with Crippen LogP contribution in [0.1, 0.15) is 13.8 Å². The molecule has 23 nitrogen and oxygen atoms in total. The molecule has 0 aromatic carbocycles. The lowest BCUT2D eigenvalue weighted by Crippen LogP contribution is -2.70. The van der Waals surface area contributed by atoms with E-state index < -0.39 is 161 Å². The standard InChI is InChI=1S/C28H48N2O21/c1-7(35)29-13-17(39)22(11(5-33)45-25(13)44)50-28-21(43)24(16(38)10(4-32)47-28)51-26-14(30-8(2)36)18(40)23(12(6-34)48-26)49-27-20(42)19(41)15(37)9(3-31)46-27/h9-28,31-34,37-44H,3-6H2,1-2H3,(H,29,35)(H,30,36)/t9-,10-,11-,12-,13-,14-,15+,16+,17-,18-,19+,20-,21-,22-,23-,24+,25?,26+,27+,28+/m1/s1. The van der Waals surface area contributed by atoms with Gasteiger partial charge in [0.15, 0.2) is 25.2 Å². The minimum Gasteiger partial charge on any atom is -0.394 e. The molecule has 4 rings (SSSR count). The molecule has 4 fully saturated rings. The van der Waals surface area contributed by atoms with E-state index in [4.69, 9.17) is 33.2 Å². The Kier molecular flexibility index (Phi) is 14.8. The number of hydrogen-bond donors (Lipinski definition) is 14. The van der Waals surface area contributed by atoms with Crippen molar-refractivity contribution in [2.45, 2.75) is 137 Å². The van der Waals surface area contributed by atoms with Crippen molar-refractivity contribution in [2.24, 2.45) is 0 Å².